The van der Waals surface area contributed by atoms with Gasteiger partial charge in [0.25, 0.3) is 0 Å². The summed E-state index contributed by atoms with van der Waals surface area (Å²) in [7, 11) is 0. The molecule has 1 unspecified atom stereocenters. The van der Waals surface area contributed by atoms with Gasteiger partial charge in [0.2, 0.25) is 0 Å². The largest absolute Gasteiger partial charge is 0.299 e. The number of nitriles is 1. The summed E-state index contributed by atoms with van der Waals surface area (Å²) in [6.45, 7) is 2.08. The molecule has 2 aliphatic carbocycles. The SMILES string of the molecule is CCC(C#N)NC(C1CC1)C1CC1. The Labute approximate surface area is 80.3 Å². The van der Waals surface area contributed by atoms with Crippen molar-refractivity contribution in [3.05, 3.63) is 0 Å². The van der Waals surface area contributed by atoms with E-state index in [1.54, 1.807) is 0 Å². The molecule has 13 heavy (non-hydrogen) atoms. The fraction of sp³-hybridized carbons (Fsp3) is 0.909. The Hall–Kier alpha value is -0.550. The van der Waals surface area contributed by atoms with E-state index in [-0.39, 0.29) is 6.04 Å². The van der Waals surface area contributed by atoms with Crippen molar-refractivity contribution in [1.82, 2.24) is 5.32 Å². The molecular weight excluding hydrogens is 160 g/mol. The number of nitrogens with zero attached hydrogens (tertiary/aromatic N) is 1. The van der Waals surface area contributed by atoms with E-state index in [2.05, 4.69) is 18.3 Å². The minimum absolute atomic E-state index is 0.0891. The third-order valence-electron chi connectivity index (χ3n) is 3.22. The lowest BCUT2D eigenvalue weighted by Crippen LogP contribution is -2.40. The Balaban J connectivity index is 1.85. The van der Waals surface area contributed by atoms with Gasteiger partial charge in [0, 0.05) is 6.04 Å². The van der Waals surface area contributed by atoms with E-state index in [9.17, 15) is 0 Å². The summed E-state index contributed by atoms with van der Waals surface area (Å²) in [5, 5.41) is 12.4. The van der Waals surface area contributed by atoms with Crippen LogP contribution < -0.4 is 5.32 Å². The van der Waals surface area contributed by atoms with Crippen LogP contribution in [-0.4, -0.2) is 12.1 Å². The molecule has 0 saturated heterocycles. The van der Waals surface area contributed by atoms with E-state index in [0.717, 1.165) is 18.3 Å². The van der Waals surface area contributed by atoms with Crippen LogP contribution in [0.2, 0.25) is 0 Å². The van der Waals surface area contributed by atoms with Crippen LogP contribution in [0.1, 0.15) is 39.0 Å². The van der Waals surface area contributed by atoms with Gasteiger partial charge < -0.3 is 0 Å². The van der Waals surface area contributed by atoms with Crippen molar-refractivity contribution >= 4 is 0 Å². The summed E-state index contributed by atoms with van der Waals surface area (Å²) in [4.78, 5) is 0. The summed E-state index contributed by atoms with van der Waals surface area (Å²) >= 11 is 0. The minimum Gasteiger partial charge on any atom is -0.299 e. The zero-order valence-electron chi connectivity index (χ0n) is 8.29. The smallest absolute Gasteiger partial charge is 0.0952 e. The van der Waals surface area contributed by atoms with Crippen LogP contribution in [0.4, 0.5) is 0 Å². The molecule has 2 aliphatic rings. The lowest BCUT2D eigenvalue weighted by atomic mass is 10.1. The van der Waals surface area contributed by atoms with Gasteiger partial charge in [-0.25, -0.2) is 0 Å². The lowest BCUT2D eigenvalue weighted by Gasteiger charge is -2.20. The first-order valence-corrected chi connectivity index (χ1v) is 5.50. The number of nitrogens with one attached hydrogen (secondary N) is 1. The topological polar surface area (TPSA) is 35.8 Å². The molecule has 2 heteroatoms. The van der Waals surface area contributed by atoms with Crippen LogP contribution >= 0.6 is 0 Å². The first kappa shape index (κ1) is 9.02. The molecule has 0 aromatic rings. The van der Waals surface area contributed by atoms with Crippen molar-refractivity contribution in [1.29, 1.82) is 5.26 Å². The van der Waals surface area contributed by atoms with Crippen molar-refractivity contribution in [2.24, 2.45) is 11.8 Å². The summed E-state index contributed by atoms with van der Waals surface area (Å²) in [6.07, 6.45) is 6.48. The van der Waals surface area contributed by atoms with Crippen LogP contribution in [-0.2, 0) is 0 Å². The maximum absolute atomic E-state index is 8.87. The highest BCUT2D eigenvalue weighted by molar-refractivity contribution is 5.01. The highest BCUT2D eigenvalue weighted by Gasteiger charge is 2.41. The first-order valence-electron chi connectivity index (χ1n) is 5.50. The van der Waals surface area contributed by atoms with Gasteiger partial charge in [-0.1, -0.05) is 6.92 Å². The molecule has 1 atom stereocenters. The summed E-state index contributed by atoms with van der Waals surface area (Å²) in [5.74, 6) is 1.80. The Kier molecular flexibility index (Phi) is 2.55. The van der Waals surface area contributed by atoms with Crippen LogP contribution in [0.15, 0.2) is 0 Å². The van der Waals surface area contributed by atoms with E-state index in [0.29, 0.717) is 6.04 Å². The molecule has 0 bridgehead atoms. The third kappa shape index (κ3) is 2.22. The van der Waals surface area contributed by atoms with Crippen LogP contribution in [0, 0.1) is 23.2 Å². The molecule has 2 nitrogen and oxygen atoms in total. The van der Waals surface area contributed by atoms with Gasteiger partial charge in [-0.15, -0.1) is 0 Å². The van der Waals surface area contributed by atoms with Crippen molar-refractivity contribution in [2.45, 2.75) is 51.1 Å². The average molecular weight is 178 g/mol. The zero-order chi connectivity index (χ0) is 9.26. The van der Waals surface area contributed by atoms with E-state index < -0.39 is 0 Å². The highest BCUT2D eigenvalue weighted by Crippen LogP contribution is 2.44. The Morgan fingerprint density at radius 1 is 1.31 bits per heavy atom. The van der Waals surface area contributed by atoms with Crippen molar-refractivity contribution in [3.8, 4) is 6.07 Å². The molecule has 0 spiro atoms. The van der Waals surface area contributed by atoms with Crippen LogP contribution in [0.3, 0.4) is 0 Å². The second kappa shape index (κ2) is 3.67. The molecule has 0 heterocycles. The van der Waals surface area contributed by atoms with Gasteiger partial charge in [0.15, 0.2) is 0 Å². The van der Waals surface area contributed by atoms with Crippen LogP contribution in [0.5, 0.6) is 0 Å². The zero-order valence-corrected chi connectivity index (χ0v) is 8.29. The van der Waals surface area contributed by atoms with E-state index in [4.69, 9.17) is 5.26 Å². The average Bonchev–Trinajstić information content (AvgIpc) is 3.01. The van der Waals surface area contributed by atoms with Gasteiger partial charge in [0.1, 0.15) is 0 Å². The lowest BCUT2D eigenvalue weighted by molar-refractivity contribution is 0.388. The molecule has 2 fully saturated rings. The summed E-state index contributed by atoms with van der Waals surface area (Å²) < 4.78 is 0. The number of hydrogen-bond donors (Lipinski definition) is 1. The molecular formula is C11H18N2. The maximum atomic E-state index is 8.87. The number of rotatable bonds is 5. The van der Waals surface area contributed by atoms with Crippen molar-refractivity contribution in [3.63, 3.8) is 0 Å². The molecule has 0 aliphatic heterocycles. The molecule has 2 saturated carbocycles. The van der Waals surface area contributed by atoms with Crippen molar-refractivity contribution in [2.75, 3.05) is 0 Å². The molecule has 72 valence electrons. The normalized spacial score (nSPS) is 24.4. The van der Waals surface area contributed by atoms with Crippen LogP contribution in [0.25, 0.3) is 0 Å². The predicted octanol–water partition coefficient (Wildman–Crippen LogP) is 2.07. The van der Waals surface area contributed by atoms with E-state index >= 15 is 0 Å². The quantitative estimate of drug-likeness (QED) is 0.699. The molecule has 2 rings (SSSR count). The van der Waals surface area contributed by atoms with Gasteiger partial charge in [-0.2, -0.15) is 5.26 Å². The minimum atomic E-state index is 0.0891. The maximum Gasteiger partial charge on any atom is 0.0952 e. The summed E-state index contributed by atoms with van der Waals surface area (Å²) in [5.41, 5.74) is 0. The van der Waals surface area contributed by atoms with Gasteiger partial charge in [-0.3, -0.25) is 5.32 Å². The fourth-order valence-corrected chi connectivity index (χ4v) is 2.05. The summed E-state index contributed by atoms with van der Waals surface area (Å²) in [6, 6.07) is 3.10. The van der Waals surface area contributed by atoms with E-state index in [1.165, 1.54) is 25.7 Å². The monoisotopic (exact) mass is 178 g/mol. The van der Waals surface area contributed by atoms with E-state index in [1.807, 2.05) is 0 Å². The predicted molar refractivity (Wildman–Crippen MR) is 52.1 cm³/mol. The third-order valence-corrected chi connectivity index (χ3v) is 3.22. The molecule has 0 aromatic carbocycles. The fourth-order valence-electron chi connectivity index (χ4n) is 2.05. The Morgan fingerprint density at radius 3 is 2.15 bits per heavy atom. The highest BCUT2D eigenvalue weighted by atomic mass is 15.0. The number of hydrogen-bond acceptors (Lipinski definition) is 2. The van der Waals surface area contributed by atoms with Gasteiger partial charge in [0.05, 0.1) is 12.1 Å². The molecule has 0 amide bonds. The van der Waals surface area contributed by atoms with Gasteiger partial charge >= 0.3 is 0 Å². The second-order valence-electron chi connectivity index (χ2n) is 4.46. The molecule has 0 radical (unpaired) electrons. The molecule has 0 aromatic heterocycles. The molecule has 1 N–H and O–H groups in total. The first-order chi connectivity index (χ1) is 6.35. The van der Waals surface area contributed by atoms with Crippen molar-refractivity contribution < 1.29 is 0 Å². The second-order valence-corrected chi connectivity index (χ2v) is 4.46. The standard InChI is InChI=1S/C11H18N2/c1-2-10(7-12)13-11(8-3-4-8)9-5-6-9/h8-11,13H,2-6H2,1H3. The Bertz CT molecular complexity index is 199. The Morgan fingerprint density at radius 2 is 1.85 bits per heavy atom. The van der Waals surface area contributed by atoms with Gasteiger partial charge in [-0.05, 0) is 43.9 Å².